The maximum atomic E-state index is 14.2. The highest BCUT2D eigenvalue weighted by atomic mass is 19.4. The zero-order valence-electron chi connectivity index (χ0n) is 15.3. The van der Waals surface area contributed by atoms with Crippen molar-refractivity contribution in [3.8, 4) is 0 Å². The smallest absolute Gasteiger partial charge is 0.423 e. The Morgan fingerprint density at radius 1 is 1.29 bits per heavy atom. The van der Waals surface area contributed by atoms with Crippen molar-refractivity contribution in [3.05, 3.63) is 35.3 Å². The Kier molecular flexibility index (Phi) is 5.75. The van der Waals surface area contributed by atoms with Gasteiger partial charge < -0.3 is 20.3 Å². The third-order valence-corrected chi connectivity index (χ3v) is 4.54. The van der Waals surface area contributed by atoms with Gasteiger partial charge in [-0.05, 0) is 30.5 Å². The van der Waals surface area contributed by atoms with Crippen molar-refractivity contribution in [2.45, 2.75) is 45.5 Å². The van der Waals surface area contributed by atoms with Crippen LogP contribution >= 0.6 is 0 Å². The molecule has 0 atom stereocenters. The Balaban J connectivity index is 1.92. The van der Waals surface area contributed by atoms with Gasteiger partial charge in [-0.15, -0.1) is 0 Å². The number of anilines is 3. The molecule has 0 radical (unpaired) electrons. The van der Waals surface area contributed by atoms with Crippen molar-refractivity contribution in [2.24, 2.45) is 0 Å². The van der Waals surface area contributed by atoms with Crippen molar-refractivity contribution in [2.75, 3.05) is 10.6 Å². The van der Waals surface area contributed by atoms with E-state index in [1.807, 2.05) is 13.8 Å². The fraction of sp³-hybridized carbons (Fsp3) is 0.412. The maximum Gasteiger partial charge on any atom is 0.494 e. The molecular weight excluding hydrogens is 379 g/mol. The molecule has 0 unspecified atom stereocenters. The third-order valence-electron chi connectivity index (χ3n) is 4.54. The summed E-state index contributed by atoms with van der Waals surface area (Å²) in [6, 6.07) is 2.45. The van der Waals surface area contributed by atoms with Gasteiger partial charge in [0.2, 0.25) is 5.95 Å². The minimum atomic E-state index is -4.61. The molecule has 2 aromatic rings. The highest BCUT2D eigenvalue weighted by Gasteiger charge is 2.36. The zero-order chi connectivity index (χ0) is 20.5. The van der Waals surface area contributed by atoms with E-state index >= 15 is 0 Å². The fourth-order valence-electron chi connectivity index (χ4n) is 2.97. The lowest BCUT2D eigenvalue weighted by molar-refractivity contribution is -0.137. The number of nitrogens with one attached hydrogen (secondary N) is 2. The van der Waals surface area contributed by atoms with Gasteiger partial charge in [0, 0.05) is 23.4 Å². The molecule has 2 heterocycles. The van der Waals surface area contributed by atoms with Crippen LogP contribution in [0, 0.1) is 5.82 Å². The van der Waals surface area contributed by atoms with E-state index < -0.39 is 24.7 Å². The molecule has 11 heteroatoms. The SMILES string of the molecule is CCC(CC)Nc1nc(Nc2cc(F)c3c(c2)COB3O)ncc1C(F)(F)F. The molecule has 0 bridgehead atoms. The molecule has 28 heavy (non-hydrogen) atoms. The van der Waals surface area contributed by atoms with Crippen LogP contribution in [0.4, 0.5) is 35.0 Å². The van der Waals surface area contributed by atoms with Crippen LogP contribution < -0.4 is 16.1 Å². The largest absolute Gasteiger partial charge is 0.494 e. The van der Waals surface area contributed by atoms with Gasteiger partial charge in [-0.1, -0.05) is 13.8 Å². The van der Waals surface area contributed by atoms with Gasteiger partial charge in [0.1, 0.15) is 17.2 Å². The summed E-state index contributed by atoms with van der Waals surface area (Å²) in [5.41, 5.74) is -0.240. The standard InChI is InChI=1S/C17H19BF4N4O2/c1-3-10(4-2)24-15-12(17(20,21)22)7-23-16(26-15)25-11-5-9-8-28-18(27)14(9)13(19)6-11/h5-7,10,27H,3-4,8H2,1-2H3,(H2,23,24,25,26). The van der Waals surface area contributed by atoms with Crippen LogP contribution in [-0.2, 0) is 17.4 Å². The molecule has 0 saturated carbocycles. The van der Waals surface area contributed by atoms with Crippen molar-refractivity contribution in [1.82, 2.24) is 9.97 Å². The fourth-order valence-corrected chi connectivity index (χ4v) is 2.97. The summed E-state index contributed by atoms with van der Waals surface area (Å²) in [5, 5.41) is 15.1. The molecule has 6 nitrogen and oxygen atoms in total. The zero-order valence-corrected chi connectivity index (χ0v) is 15.3. The number of rotatable bonds is 6. The highest BCUT2D eigenvalue weighted by Crippen LogP contribution is 2.34. The quantitative estimate of drug-likeness (QED) is 0.513. The molecule has 1 aliphatic heterocycles. The molecule has 150 valence electrons. The summed E-state index contributed by atoms with van der Waals surface area (Å²) < 4.78 is 59.0. The van der Waals surface area contributed by atoms with E-state index in [9.17, 15) is 22.6 Å². The first-order chi connectivity index (χ1) is 13.2. The van der Waals surface area contributed by atoms with Crippen LogP contribution in [0.25, 0.3) is 0 Å². The molecule has 1 aromatic heterocycles. The topological polar surface area (TPSA) is 79.3 Å². The molecule has 1 aromatic carbocycles. The van der Waals surface area contributed by atoms with Gasteiger partial charge in [0.05, 0.1) is 6.61 Å². The van der Waals surface area contributed by atoms with Crippen molar-refractivity contribution < 1.29 is 27.2 Å². The number of alkyl halides is 3. The lowest BCUT2D eigenvalue weighted by Crippen LogP contribution is -2.31. The van der Waals surface area contributed by atoms with E-state index in [4.69, 9.17) is 4.65 Å². The Morgan fingerprint density at radius 3 is 2.64 bits per heavy atom. The number of halogens is 4. The lowest BCUT2D eigenvalue weighted by atomic mass is 9.79. The van der Waals surface area contributed by atoms with Crippen molar-refractivity contribution >= 4 is 30.0 Å². The second-order valence-corrected chi connectivity index (χ2v) is 6.43. The van der Waals surface area contributed by atoms with E-state index in [1.54, 1.807) is 0 Å². The van der Waals surface area contributed by atoms with E-state index in [-0.39, 0.29) is 35.6 Å². The Bertz CT molecular complexity index is 862. The van der Waals surface area contributed by atoms with Gasteiger partial charge in [-0.3, -0.25) is 0 Å². The first-order valence-electron chi connectivity index (χ1n) is 8.82. The van der Waals surface area contributed by atoms with E-state index in [0.29, 0.717) is 24.6 Å². The minimum Gasteiger partial charge on any atom is -0.423 e. The summed E-state index contributed by atoms with van der Waals surface area (Å²) in [6.07, 6.45) is -2.67. The molecule has 0 amide bonds. The van der Waals surface area contributed by atoms with Gasteiger partial charge in [-0.2, -0.15) is 18.2 Å². The van der Waals surface area contributed by atoms with E-state index in [0.717, 1.165) is 6.07 Å². The summed E-state index contributed by atoms with van der Waals surface area (Å²) in [5.74, 6) is -1.13. The van der Waals surface area contributed by atoms with Crippen molar-refractivity contribution in [3.63, 3.8) is 0 Å². The average molecular weight is 398 g/mol. The molecule has 1 aliphatic rings. The number of hydrogen-bond acceptors (Lipinski definition) is 6. The monoisotopic (exact) mass is 398 g/mol. The molecular formula is C17H19BF4N4O2. The van der Waals surface area contributed by atoms with Crippen LogP contribution in [0.15, 0.2) is 18.3 Å². The van der Waals surface area contributed by atoms with Crippen molar-refractivity contribution in [1.29, 1.82) is 0 Å². The van der Waals surface area contributed by atoms with E-state index in [2.05, 4.69) is 20.6 Å². The summed E-state index contributed by atoms with van der Waals surface area (Å²) in [6.45, 7) is 3.75. The second kappa shape index (κ2) is 7.92. The Hall–Kier alpha value is -2.40. The van der Waals surface area contributed by atoms with Gasteiger partial charge in [-0.25, -0.2) is 9.37 Å². The Labute approximate surface area is 159 Å². The van der Waals surface area contributed by atoms with E-state index in [1.165, 1.54) is 6.07 Å². The number of benzene rings is 1. The number of aromatic nitrogens is 2. The van der Waals surface area contributed by atoms with Crippen LogP contribution in [-0.4, -0.2) is 28.2 Å². The summed E-state index contributed by atoms with van der Waals surface area (Å²) >= 11 is 0. The average Bonchev–Trinajstić information content (AvgIpc) is 3.00. The first kappa shape index (κ1) is 20.3. The number of fused-ring (bicyclic) bond motifs is 1. The predicted molar refractivity (Wildman–Crippen MR) is 97.1 cm³/mol. The molecule has 0 fully saturated rings. The predicted octanol–water partition coefficient (Wildman–Crippen LogP) is 3.20. The van der Waals surface area contributed by atoms with Gasteiger partial charge in [0.15, 0.2) is 0 Å². The molecule has 3 N–H and O–H groups in total. The van der Waals surface area contributed by atoms with Crippen LogP contribution in [0.5, 0.6) is 0 Å². The summed E-state index contributed by atoms with van der Waals surface area (Å²) in [4.78, 5) is 7.66. The van der Waals surface area contributed by atoms with Gasteiger partial charge in [0.25, 0.3) is 0 Å². The van der Waals surface area contributed by atoms with Gasteiger partial charge >= 0.3 is 13.3 Å². The second-order valence-electron chi connectivity index (χ2n) is 6.43. The molecule has 0 saturated heterocycles. The number of nitrogens with zero attached hydrogens (tertiary/aromatic N) is 2. The minimum absolute atomic E-state index is 0.0261. The molecule has 0 aliphatic carbocycles. The van der Waals surface area contributed by atoms with Crippen LogP contribution in [0.3, 0.4) is 0 Å². The molecule has 0 spiro atoms. The molecule has 3 rings (SSSR count). The number of hydrogen-bond donors (Lipinski definition) is 3. The Morgan fingerprint density at radius 2 is 2.00 bits per heavy atom. The third kappa shape index (κ3) is 4.20. The summed E-state index contributed by atoms with van der Waals surface area (Å²) in [7, 11) is -1.33. The lowest BCUT2D eigenvalue weighted by Gasteiger charge is -2.20. The van der Waals surface area contributed by atoms with Crippen LogP contribution in [0.2, 0.25) is 0 Å². The van der Waals surface area contributed by atoms with Crippen LogP contribution in [0.1, 0.15) is 37.8 Å². The highest BCUT2D eigenvalue weighted by molar-refractivity contribution is 6.61. The normalized spacial score (nSPS) is 13.8. The first-order valence-corrected chi connectivity index (χ1v) is 8.82. The maximum absolute atomic E-state index is 14.2.